The standard InChI is InChI=1S/C11H13N3O2/c1-13-6-4-9(5-7-13)10-2-3-11(12-8-10)14(15)16/h2-4,8H,5-7H2,1H3. The summed E-state index contributed by atoms with van der Waals surface area (Å²) in [6.07, 6.45) is 4.69. The molecule has 0 amide bonds. The topological polar surface area (TPSA) is 59.3 Å². The summed E-state index contributed by atoms with van der Waals surface area (Å²) in [4.78, 5) is 16.0. The zero-order valence-corrected chi connectivity index (χ0v) is 9.09. The molecule has 1 aromatic rings. The van der Waals surface area contributed by atoms with Crippen molar-refractivity contribution in [3.63, 3.8) is 0 Å². The molecule has 5 heteroatoms. The van der Waals surface area contributed by atoms with Gasteiger partial charge in [0, 0.05) is 24.7 Å². The fraction of sp³-hybridized carbons (Fsp3) is 0.364. The maximum atomic E-state index is 10.5. The van der Waals surface area contributed by atoms with E-state index in [-0.39, 0.29) is 5.82 Å². The van der Waals surface area contributed by atoms with Gasteiger partial charge in [-0.2, -0.15) is 0 Å². The van der Waals surface area contributed by atoms with Crippen molar-refractivity contribution in [3.05, 3.63) is 40.1 Å². The van der Waals surface area contributed by atoms with Gasteiger partial charge in [-0.25, -0.2) is 0 Å². The number of nitro groups is 1. The Morgan fingerprint density at radius 2 is 2.31 bits per heavy atom. The summed E-state index contributed by atoms with van der Waals surface area (Å²) in [5.74, 6) is -0.0997. The predicted molar refractivity (Wildman–Crippen MR) is 61.0 cm³/mol. The van der Waals surface area contributed by atoms with E-state index >= 15 is 0 Å². The largest absolute Gasteiger partial charge is 0.363 e. The highest BCUT2D eigenvalue weighted by Gasteiger charge is 2.12. The first kappa shape index (κ1) is 10.8. The van der Waals surface area contributed by atoms with Gasteiger partial charge < -0.3 is 15.0 Å². The van der Waals surface area contributed by atoms with Crippen molar-refractivity contribution in [2.45, 2.75) is 6.42 Å². The van der Waals surface area contributed by atoms with E-state index < -0.39 is 4.92 Å². The average Bonchev–Trinajstić information content (AvgIpc) is 2.30. The molecular weight excluding hydrogens is 206 g/mol. The van der Waals surface area contributed by atoms with Crippen LogP contribution in [0.25, 0.3) is 5.57 Å². The fourth-order valence-electron chi connectivity index (χ4n) is 1.72. The summed E-state index contributed by atoms with van der Waals surface area (Å²) >= 11 is 0. The molecule has 1 aromatic heterocycles. The van der Waals surface area contributed by atoms with E-state index in [2.05, 4.69) is 23.0 Å². The van der Waals surface area contributed by atoms with Gasteiger partial charge in [-0.3, -0.25) is 0 Å². The molecule has 0 saturated carbocycles. The quantitative estimate of drug-likeness (QED) is 0.561. The summed E-state index contributed by atoms with van der Waals surface area (Å²) in [5.41, 5.74) is 2.21. The lowest BCUT2D eigenvalue weighted by atomic mass is 10.0. The van der Waals surface area contributed by atoms with Crippen molar-refractivity contribution in [1.82, 2.24) is 9.88 Å². The molecule has 2 rings (SSSR count). The Morgan fingerprint density at radius 1 is 1.50 bits per heavy atom. The molecule has 1 aliphatic rings. The Kier molecular flexibility index (Phi) is 2.96. The zero-order chi connectivity index (χ0) is 11.5. The summed E-state index contributed by atoms with van der Waals surface area (Å²) < 4.78 is 0. The smallest absolute Gasteiger partial charge is 0.358 e. The predicted octanol–water partition coefficient (Wildman–Crippen LogP) is 1.71. The van der Waals surface area contributed by atoms with E-state index in [1.54, 1.807) is 12.3 Å². The number of aromatic nitrogens is 1. The molecule has 0 radical (unpaired) electrons. The Bertz CT molecular complexity index is 425. The van der Waals surface area contributed by atoms with Crippen LogP contribution in [0.1, 0.15) is 12.0 Å². The minimum Gasteiger partial charge on any atom is -0.358 e. The third-order valence-electron chi connectivity index (χ3n) is 2.72. The molecule has 0 fully saturated rings. The highest BCUT2D eigenvalue weighted by atomic mass is 16.6. The Balaban J connectivity index is 2.19. The molecule has 5 nitrogen and oxygen atoms in total. The van der Waals surface area contributed by atoms with Gasteiger partial charge >= 0.3 is 5.82 Å². The maximum absolute atomic E-state index is 10.5. The molecule has 0 spiro atoms. The van der Waals surface area contributed by atoms with Crippen molar-refractivity contribution in [3.8, 4) is 0 Å². The number of nitrogens with zero attached hydrogens (tertiary/aromatic N) is 3. The molecule has 1 aliphatic heterocycles. The van der Waals surface area contributed by atoms with Crippen molar-refractivity contribution in [2.24, 2.45) is 0 Å². The second kappa shape index (κ2) is 4.40. The second-order valence-electron chi connectivity index (χ2n) is 3.90. The van der Waals surface area contributed by atoms with Crippen LogP contribution in [-0.4, -0.2) is 34.9 Å². The Morgan fingerprint density at radius 3 is 2.81 bits per heavy atom. The van der Waals surface area contributed by atoms with E-state index in [1.807, 2.05) is 0 Å². The molecule has 0 bridgehead atoms. The SMILES string of the molecule is CN1CC=C(c2ccc([N+](=O)[O-])nc2)CC1. The number of rotatable bonds is 2. The molecule has 84 valence electrons. The van der Waals surface area contributed by atoms with Crippen LogP contribution in [0.5, 0.6) is 0 Å². The number of likely N-dealkylation sites (N-methyl/N-ethyl adjacent to an activating group) is 1. The van der Waals surface area contributed by atoms with Crippen LogP contribution in [0, 0.1) is 10.1 Å². The van der Waals surface area contributed by atoms with Gasteiger partial charge in [0.05, 0.1) is 0 Å². The lowest BCUT2D eigenvalue weighted by molar-refractivity contribution is -0.389. The molecule has 0 N–H and O–H groups in total. The van der Waals surface area contributed by atoms with Gasteiger partial charge in [0.15, 0.2) is 0 Å². The lowest BCUT2D eigenvalue weighted by Gasteiger charge is -2.21. The Hall–Kier alpha value is -1.75. The molecule has 0 aliphatic carbocycles. The summed E-state index contributed by atoms with van der Waals surface area (Å²) in [7, 11) is 2.07. The minimum atomic E-state index is -0.479. The van der Waals surface area contributed by atoms with Crippen molar-refractivity contribution in [1.29, 1.82) is 0 Å². The molecule has 0 aromatic carbocycles. The Labute approximate surface area is 93.6 Å². The normalized spacial score (nSPS) is 16.9. The fourth-order valence-corrected chi connectivity index (χ4v) is 1.72. The van der Waals surface area contributed by atoms with Crippen molar-refractivity contribution in [2.75, 3.05) is 20.1 Å². The molecular formula is C11H13N3O2. The van der Waals surface area contributed by atoms with Gasteiger partial charge in [0.2, 0.25) is 0 Å². The van der Waals surface area contributed by atoms with Crippen LogP contribution >= 0.6 is 0 Å². The molecule has 0 saturated heterocycles. The highest BCUT2D eigenvalue weighted by molar-refractivity contribution is 5.66. The number of hydrogen-bond acceptors (Lipinski definition) is 4. The first-order chi connectivity index (χ1) is 7.66. The minimum absolute atomic E-state index is 0.0997. The highest BCUT2D eigenvalue weighted by Crippen LogP contribution is 2.22. The summed E-state index contributed by atoms with van der Waals surface area (Å²) in [6, 6.07) is 3.22. The first-order valence-electron chi connectivity index (χ1n) is 5.15. The number of pyridine rings is 1. The summed E-state index contributed by atoms with van der Waals surface area (Å²) in [5, 5.41) is 10.5. The van der Waals surface area contributed by atoms with Gasteiger partial charge in [-0.15, -0.1) is 0 Å². The van der Waals surface area contributed by atoms with Crippen LogP contribution < -0.4 is 0 Å². The van der Waals surface area contributed by atoms with E-state index in [4.69, 9.17) is 0 Å². The second-order valence-corrected chi connectivity index (χ2v) is 3.90. The van der Waals surface area contributed by atoms with E-state index in [9.17, 15) is 10.1 Å². The van der Waals surface area contributed by atoms with E-state index in [0.29, 0.717) is 0 Å². The lowest BCUT2D eigenvalue weighted by Crippen LogP contribution is -2.23. The first-order valence-corrected chi connectivity index (χ1v) is 5.15. The summed E-state index contributed by atoms with van der Waals surface area (Å²) in [6.45, 7) is 1.94. The average molecular weight is 219 g/mol. The van der Waals surface area contributed by atoms with Gasteiger partial charge in [-0.1, -0.05) is 6.08 Å². The number of hydrogen-bond donors (Lipinski definition) is 0. The van der Waals surface area contributed by atoms with Crippen molar-refractivity contribution < 1.29 is 4.92 Å². The molecule has 2 heterocycles. The van der Waals surface area contributed by atoms with Crippen LogP contribution in [0.2, 0.25) is 0 Å². The zero-order valence-electron chi connectivity index (χ0n) is 9.09. The molecule has 16 heavy (non-hydrogen) atoms. The van der Waals surface area contributed by atoms with Crippen molar-refractivity contribution >= 4 is 11.4 Å². The monoisotopic (exact) mass is 219 g/mol. The van der Waals surface area contributed by atoms with Crippen LogP contribution in [0.3, 0.4) is 0 Å². The molecule has 0 atom stereocenters. The van der Waals surface area contributed by atoms with Gasteiger partial charge in [0.1, 0.15) is 6.20 Å². The van der Waals surface area contributed by atoms with Gasteiger partial charge in [-0.05, 0) is 35.0 Å². The molecule has 0 unspecified atom stereocenters. The van der Waals surface area contributed by atoms with Crippen LogP contribution in [0.4, 0.5) is 5.82 Å². The third kappa shape index (κ3) is 2.25. The van der Waals surface area contributed by atoms with Crippen LogP contribution in [-0.2, 0) is 0 Å². The van der Waals surface area contributed by atoms with Crippen LogP contribution in [0.15, 0.2) is 24.4 Å². The van der Waals surface area contributed by atoms with Gasteiger partial charge in [0.25, 0.3) is 0 Å². The van der Waals surface area contributed by atoms with E-state index in [0.717, 1.165) is 25.1 Å². The van der Waals surface area contributed by atoms with E-state index in [1.165, 1.54) is 11.6 Å². The maximum Gasteiger partial charge on any atom is 0.363 e. The third-order valence-corrected chi connectivity index (χ3v) is 2.72.